The van der Waals surface area contributed by atoms with Crippen molar-refractivity contribution >= 4 is 5.97 Å². The van der Waals surface area contributed by atoms with Gasteiger partial charge in [-0.1, -0.05) is 17.3 Å². The number of carbonyl (C=O) groups is 1. The Bertz CT molecular complexity index is 686. The van der Waals surface area contributed by atoms with Gasteiger partial charge in [-0.25, -0.2) is 4.79 Å². The van der Waals surface area contributed by atoms with Gasteiger partial charge in [-0.3, -0.25) is 0 Å². The zero-order chi connectivity index (χ0) is 18.0. The highest BCUT2D eigenvalue weighted by Gasteiger charge is 2.47. The van der Waals surface area contributed by atoms with Crippen molar-refractivity contribution in [3.05, 3.63) is 41.2 Å². The van der Waals surface area contributed by atoms with Crippen LogP contribution in [0.25, 0.3) is 0 Å². The molecule has 0 amide bonds. The SMILES string of the molecule is CC(C)OC(Cc1ccc(C(F)(F)F)cc1)(C(=O)O)c1nn[nH]n1. The number of hydrogen-bond acceptors (Lipinski definition) is 5. The summed E-state index contributed by atoms with van der Waals surface area (Å²) in [4.78, 5) is 11.9. The number of carboxylic acid groups (broad SMARTS) is 1. The Morgan fingerprint density at radius 3 is 2.33 bits per heavy atom. The molecule has 0 radical (unpaired) electrons. The molecule has 0 spiro atoms. The maximum absolute atomic E-state index is 12.6. The molecule has 0 bridgehead atoms. The fraction of sp³-hybridized carbons (Fsp3) is 0.429. The molecule has 7 nitrogen and oxygen atoms in total. The molecule has 0 aliphatic rings. The highest BCUT2D eigenvalue weighted by atomic mass is 19.4. The van der Waals surface area contributed by atoms with Crippen LogP contribution in [-0.2, 0) is 27.7 Å². The van der Waals surface area contributed by atoms with E-state index < -0.39 is 29.4 Å². The topological polar surface area (TPSA) is 101 Å². The molecule has 0 saturated carbocycles. The molecule has 10 heteroatoms. The molecule has 130 valence electrons. The number of benzene rings is 1. The first-order valence-electron chi connectivity index (χ1n) is 6.96. The summed E-state index contributed by atoms with van der Waals surface area (Å²) in [5, 5.41) is 22.5. The number of nitrogens with one attached hydrogen (secondary N) is 1. The van der Waals surface area contributed by atoms with E-state index in [1.165, 1.54) is 12.1 Å². The van der Waals surface area contributed by atoms with Crippen molar-refractivity contribution in [2.24, 2.45) is 0 Å². The second-order valence-corrected chi connectivity index (χ2v) is 5.41. The lowest BCUT2D eigenvalue weighted by Gasteiger charge is -2.28. The van der Waals surface area contributed by atoms with Gasteiger partial charge in [-0.05, 0) is 31.5 Å². The number of H-pyrrole nitrogens is 1. The normalized spacial score (nSPS) is 14.6. The van der Waals surface area contributed by atoms with Crippen LogP contribution in [0.3, 0.4) is 0 Å². The number of aromatic nitrogens is 4. The average molecular weight is 344 g/mol. The minimum atomic E-state index is -4.47. The molecule has 2 rings (SSSR count). The first-order valence-corrected chi connectivity index (χ1v) is 6.96. The number of carboxylic acids is 1. The van der Waals surface area contributed by atoms with Crippen LogP contribution in [0.2, 0.25) is 0 Å². The zero-order valence-corrected chi connectivity index (χ0v) is 12.8. The third-order valence-corrected chi connectivity index (χ3v) is 3.22. The molecule has 24 heavy (non-hydrogen) atoms. The van der Waals surface area contributed by atoms with Crippen LogP contribution in [0.5, 0.6) is 0 Å². The van der Waals surface area contributed by atoms with Crippen molar-refractivity contribution in [2.75, 3.05) is 0 Å². The van der Waals surface area contributed by atoms with Gasteiger partial charge in [-0.2, -0.15) is 18.4 Å². The third-order valence-electron chi connectivity index (χ3n) is 3.22. The number of tetrazole rings is 1. The second kappa shape index (κ2) is 6.56. The van der Waals surface area contributed by atoms with E-state index in [1.54, 1.807) is 13.8 Å². The van der Waals surface area contributed by atoms with Crippen LogP contribution in [-0.4, -0.2) is 37.8 Å². The van der Waals surface area contributed by atoms with Crippen LogP contribution in [0.1, 0.15) is 30.8 Å². The first-order chi connectivity index (χ1) is 11.1. The molecular weight excluding hydrogens is 329 g/mol. The number of halogens is 3. The van der Waals surface area contributed by atoms with Gasteiger partial charge in [0.15, 0.2) is 0 Å². The average Bonchev–Trinajstić information content (AvgIpc) is 3.00. The fourth-order valence-corrected chi connectivity index (χ4v) is 2.23. The highest BCUT2D eigenvalue weighted by Crippen LogP contribution is 2.32. The van der Waals surface area contributed by atoms with Crippen LogP contribution < -0.4 is 0 Å². The minimum absolute atomic E-state index is 0.205. The Morgan fingerprint density at radius 1 is 1.29 bits per heavy atom. The van der Waals surface area contributed by atoms with Crippen LogP contribution in [0.4, 0.5) is 13.2 Å². The Balaban J connectivity index is 2.40. The molecule has 0 saturated heterocycles. The molecule has 1 atom stereocenters. The molecule has 1 unspecified atom stereocenters. The summed E-state index contributed by atoms with van der Waals surface area (Å²) < 4.78 is 43.4. The number of aliphatic carboxylic acids is 1. The summed E-state index contributed by atoms with van der Waals surface area (Å²) in [5.74, 6) is -1.57. The van der Waals surface area contributed by atoms with Crippen LogP contribution in [0, 0.1) is 0 Å². The van der Waals surface area contributed by atoms with E-state index in [9.17, 15) is 23.1 Å². The maximum atomic E-state index is 12.6. The van der Waals surface area contributed by atoms with E-state index in [-0.39, 0.29) is 12.2 Å². The number of ether oxygens (including phenoxy) is 1. The van der Waals surface area contributed by atoms with Crippen molar-refractivity contribution in [2.45, 2.75) is 38.1 Å². The van der Waals surface area contributed by atoms with Crippen molar-refractivity contribution < 1.29 is 27.8 Å². The molecular formula is C14H15F3N4O3. The number of nitrogens with zero attached hydrogens (tertiary/aromatic N) is 3. The van der Waals surface area contributed by atoms with E-state index in [0.29, 0.717) is 5.56 Å². The largest absolute Gasteiger partial charge is 0.479 e. The highest BCUT2D eigenvalue weighted by molar-refractivity contribution is 5.78. The Labute approximate surface area is 134 Å². The second-order valence-electron chi connectivity index (χ2n) is 5.41. The van der Waals surface area contributed by atoms with Gasteiger partial charge in [0, 0.05) is 6.42 Å². The van der Waals surface area contributed by atoms with E-state index in [0.717, 1.165) is 12.1 Å². The van der Waals surface area contributed by atoms with E-state index in [1.807, 2.05) is 0 Å². The van der Waals surface area contributed by atoms with Crippen LogP contribution >= 0.6 is 0 Å². The van der Waals surface area contributed by atoms with E-state index in [4.69, 9.17) is 4.74 Å². The molecule has 1 aromatic carbocycles. The number of hydrogen-bond donors (Lipinski definition) is 2. The lowest BCUT2D eigenvalue weighted by atomic mass is 9.92. The Kier molecular flexibility index (Phi) is 4.88. The molecule has 2 N–H and O–H groups in total. The molecule has 0 fully saturated rings. The monoisotopic (exact) mass is 344 g/mol. The number of alkyl halides is 3. The number of rotatable bonds is 6. The van der Waals surface area contributed by atoms with Gasteiger partial charge in [0.1, 0.15) is 0 Å². The van der Waals surface area contributed by atoms with Gasteiger partial charge in [-0.15, -0.1) is 10.2 Å². The molecule has 1 aromatic heterocycles. The summed E-state index contributed by atoms with van der Waals surface area (Å²) in [6, 6.07) is 4.16. The summed E-state index contributed by atoms with van der Waals surface area (Å²) in [6.07, 6.45) is -5.21. The van der Waals surface area contributed by atoms with Crippen molar-refractivity contribution in [1.82, 2.24) is 20.6 Å². The number of aromatic amines is 1. The van der Waals surface area contributed by atoms with E-state index in [2.05, 4.69) is 20.6 Å². The van der Waals surface area contributed by atoms with Crippen molar-refractivity contribution in [3.8, 4) is 0 Å². The standard InChI is InChI=1S/C14H15F3N4O3/c1-8(2)24-13(12(22)23,11-18-20-21-19-11)7-9-3-5-10(6-4-9)14(15,16)17/h3-6,8H,7H2,1-2H3,(H,22,23)(H,18,19,20,21). The van der Waals surface area contributed by atoms with Gasteiger partial charge in [0.2, 0.25) is 11.4 Å². The maximum Gasteiger partial charge on any atom is 0.416 e. The summed E-state index contributed by atoms with van der Waals surface area (Å²) in [6.45, 7) is 3.26. The quantitative estimate of drug-likeness (QED) is 0.833. The molecule has 0 aliphatic carbocycles. The van der Waals surface area contributed by atoms with E-state index >= 15 is 0 Å². The minimum Gasteiger partial charge on any atom is -0.479 e. The smallest absolute Gasteiger partial charge is 0.416 e. The third kappa shape index (κ3) is 3.70. The van der Waals surface area contributed by atoms with Crippen LogP contribution in [0.15, 0.2) is 24.3 Å². The lowest BCUT2D eigenvalue weighted by molar-refractivity contribution is -0.175. The summed E-state index contributed by atoms with van der Waals surface area (Å²) in [5.41, 5.74) is -2.45. The van der Waals surface area contributed by atoms with Crippen molar-refractivity contribution in [1.29, 1.82) is 0 Å². The zero-order valence-electron chi connectivity index (χ0n) is 12.8. The fourth-order valence-electron chi connectivity index (χ4n) is 2.23. The van der Waals surface area contributed by atoms with Crippen molar-refractivity contribution in [3.63, 3.8) is 0 Å². The lowest BCUT2D eigenvalue weighted by Crippen LogP contribution is -2.44. The van der Waals surface area contributed by atoms with Gasteiger partial charge in [0.05, 0.1) is 11.7 Å². The predicted octanol–water partition coefficient (Wildman–Crippen LogP) is 2.17. The summed E-state index contributed by atoms with van der Waals surface area (Å²) >= 11 is 0. The molecule has 2 aromatic rings. The van der Waals surface area contributed by atoms with Gasteiger partial charge >= 0.3 is 12.1 Å². The summed E-state index contributed by atoms with van der Waals surface area (Å²) in [7, 11) is 0. The Hall–Kier alpha value is -2.49. The predicted molar refractivity (Wildman–Crippen MR) is 74.9 cm³/mol. The Morgan fingerprint density at radius 2 is 1.92 bits per heavy atom. The molecule has 0 aliphatic heterocycles. The van der Waals surface area contributed by atoms with Gasteiger partial charge in [0.25, 0.3) is 0 Å². The first kappa shape index (κ1) is 17.9. The molecule has 1 heterocycles. The van der Waals surface area contributed by atoms with Gasteiger partial charge < -0.3 is 9.84 Å².